The van der Waals surface area contributed by atoms with Gasteiger partial charge < -0.3 is 0 Å². The van der Waals surface area contributed by atoms with Crippen molar-refractivity contribution >= 4 is 46.6 Å². The largest absolute Gasteiger partial charge is 0.298 e. The van der Waals surface area contributed by atoms with Crippen LogP contribution in [-0.4, -0.2) is 16.9 Å². The number of nitrogens with one attached hydrogen (secondary N) is 3. The average molecular weight is 422 g/mol. The second-order valence-electron chi connectivity index (χ2n) is 6.04. The van der Waals surface area contributed by atoms with Gasteiger partial charge in [0.1, 0.15) is 0 Å². The van der Waals surface area contributed by atoms with Crippen LogP contribution in [0.1, 0.15) is 21.9 Å². The third-order valence-corrected chi connectivity index (χ3v) is 5.05. The van der Waals surface area contributed by atoms with Crippen molar-refractivity contribution in [3.05, 3.63) is 100 Å². The minimum Gasteiger partial charge on any atom is -0.298 e. The summed E-state index contributed by atoms with van der Waals surface area (Å²) in [5.41, 5.74) is 6.89. The molecule has 1 heterocycles. The lowest BCUT2D eigenvalue weighted by atomic mass is 9.91. The first-order chi connectivity index (χ1) is 14.1. The third-order valence-electron chi connectivity index (χ3n) is 4.01. The van der Waals surface area contributed by atoms with Crippen molar-refractivity contribution in [3.63, 3.8) is 0 Å². The second kappa shape index (κ2) is 10.3. The molecule has 0 aliphatic heterocycles. The van der Waals surface area contributed by atoms with Crippen molar-refractivity contribution in [1.29, 1.82) is 0 Å². The van der Waals surface area contributed by atoms with Crippen LogP contribution >= 0.6 is 23.6 Å². The molecule has 3 rings (SSSR count). The minimum absolute atomic E-state index is 0.0130. The lowest BCUT2D eigenvalue weighted by molar-refractivity contribution is -0.122. The number of hydrogen-bond donors (Lipinski definition) is 3. The molecule has 0 radical (unpaired) electrons. The monoisotopic (exact) mass is 421 g/mol. The van der Waals surface area contributed by atoms with E-state index in [1.807, 2.05) is 78.2 Å². The molecule has 0 bridgehead atoms. The molecule has 0 spiro atoms. The summed E-state index contributed by atoms with van der Waals surface area (Å²) in [6.45, 7) is 0. The average Bonchev–Trinajstić information content (AvgIpc) is 3.26. The highest BCUT2D eigenvalue weighted by Gasteiger charge is 2.22. The number of amides is 2. The number of hydrogen-bond acceptors (Lipinski definition) is 4. The van der Waals surface area contributed by atoms with Crippen molar-refractivity contribution in [2.24, 2.45) is 0 Å². The Morgan fingerprint density at radius 1 is 0.862 bits per heavy atom. The van der Waals surface area contributed by atoms with Gasteiger partial charge in [0.2, 0.25) is 11.8 Å². The topological polar surface area (TPSA) is 70.2 Å². The summed E-state index contributed by atoms with van der Waals surface area (Å²) >= 11 is 6.62. The summed E-state index contributed by atoms with van der Waals surface area (Å²) in [5.74, 6) is -1.18. The van der Waals surface area contributed by atoms with Gasteiger partial charge in [-0.15, -0.1) is 11.3 Å². The molecule has 0 saturated heterocycles. The maximum Gasteiger partial charge on any atom is 0.250 e. The summed E-state index contributed by atoms with van der Waals surface area (Å²) in [5, 5.41) is 4.44. The number of benzene rings is 2. The van der Waals surface area contributed by atoms with E-state index in [0.717, 1.165) is 16.0 Å². The van der Waals surface area contributed by atoms with E-state index in [2.05, 4.69) is 16.2 Å². The van der Waals surface area contributed by atoms with Gasteiger partial charge in [0.25, 0.3) is 0 Å². The molecule has 2 aromatic carbocycles. The van der Waals surface area contributed by atoms with Crippen molar-refractivity contribution in [2.75, 3.05) is 0 Å². The predicted octanol–water partition coefficient (Wildman–Crippen LogP) is 3.62. The molecule has 0 unspecified atom stereocenters. The molecule has 1 aromatic heterocycles. The highest BCUT2D eigenvalue weighted by atomic mass is 32.1. The number of carbonyl (C=O) groups is 2. The summed E-state index contributed by atoms with van der Waals surface area (Å²) in [6, 6.07) is 22.7. The normalized spacial score (nSPS) is 10.7. The Morgan fingerprint density at radius 2 is 1.48 bits per heavy atom. The van der Waals surface area contributed by atoms with Crippen LogP contribution in [-0.2, 0) is 9.59 Å². The molecule has 0 aliphatic rings. The van der Waals surface area contributed by atoms with Crippen LogP contribution < -0.4 is 16.2 Å². The molecule has 0 aliphatic carbocycles. The second-order valence-corrected chi connectivity index (χ2v) is 7.42. The van der Waals surface area contributed by atoms with E-state index in [1.165, 1.54) is 17.4 Å². The number of carbonyl (C=O) groups excluding carboxylic acids is 2. The first-order valence-electron chi connectivity index (χ1n) is 8.86. The maximum atomic E-state index is 12.9. The lowest BCUT2D eigenvalue weighted by Gasteiger charge is -2.18. The van der Waals surface area contributed by atoms with E-state index in [0.29, 0.717) is 0 Å². The molecule has 0 atom stereocenters. The van der Waals surface area contributed by atoms with Crippen LogP contribution in [0.3, 0.4) is 0 Å². The first kappa shape index (κ1) is 20.4. The van der Waals surface area contributed by atoms with E-state index < -0.39 is 5.92 Å². The summed E-state index contributed by atoms with van der Waals surface area (Å²) in [7, 11) is 0. The van der Waals surface area contributed by atoms with Gasteiger partial charge in [-0.25, -0.2) is 0 Å². The Kier molecular flexibility index (Phi) is 7.27. The fourth-order valence-corrected chi connectivity index (χ4v) is 3.48. The van der Waals surface area contributed by atoms with E-state index in [-0.39, 0.29) is 16.9 Å². The van der Waals surface area contributed by atoms with Gasteiger partial charge in [0.05, 0.1) is 5.92 Å². The van der Waals surface area contributed by atoms with E-state index >= 15 is 0 Å². The van der Waals surface area contributed by atoms with E-state index in [1.54, 1.807) is 6.08 Å². The zero-order chi connectivity index (χ0) is 20.5. The first-order valence-corrected chi connectivity index (χ1v) is 10.1. The lowest BCUT2D eigenvalue weighted by Crippen LogP contribution is -2.49. The summed E-state index contributed by atoms with van der Waals surface area (Å²) in [4.78, 5) is 25.8. The van der Waals surface area contributed by atoms with Gasteiger partial charge in [-0.1, -0.05) is 66.7 Å². The van der Waals surface area contributed by atoms with Crippen LogP contribution in [0.25, 0.3) is 6.08 Å². The highest BCUT2D eigenvalue weighted by Crippen LogP contribution is 2.24. The molecule has 146 valence electrons. The zero-order valence-electron chi connectivity index (χ0n) is 15.4. The molecule has 29 heavy (non-hydrogen) atoms. The molecule has 0 saturated carbocycles. The Bertz CT molecular complexity index is 948. The van der Waals surface area contributed by atoms with Gasteiger partial charge in [-0.05, 0) is 40.9 Å². The fraction of sp³-hybridized carbons (Fsp3) is 0.0455. The number of rotatable bonds is 5. The van der Waals surface area contributed by atoms with Crippen LogP contribution in [0.15, 0.2) is 84.3 Å². The summed E-state index contributed by atoms with van der Waals surface area (Å²) in [6.07, 6.45) is 3.08. The quantitative estimate of drug-likeness (QED) is 0.334. The molecule has 0 fully saturated rings. The van der Waals surface area contributed by atoms with Crippen molar-refractivity contribution < 1.29 is 9.59 Å². The number of hydrazine groups is 1. The van der Waals surface area contributed by atoms with Crippen molar-refractivity contribution in [1.82, 2.24) is 16.2 Å². The molecular formula is C22H19N3O2S2. The number of thiophene rings is 1. The smallest absolute Gasteiger partial charge is 0.250 e. The Hall–Kier alpha value is -3.29. The van der Waals surface area contributed by atoms with Gasteiger partial charge in [0, 0.05) is 11.0 Å². The SMILES string of the molecule is O=C(C=Cc1cccs1)NC(=S)NNC(=O)C(c1ccccc1)c1ccccc1. The molecule has 7 heteroatoms. The molecule has 3 N–H and O–H groups in total. The van der Waals surface area contributed by atoms with Crippen LogP contribution in [0, 0.1) is 0 Å². The Morgan fingerprint density at radius 3 is 2.03 bits per heavy atom. The predicted molar refractivity (Wildman–Crippen MR) is 120 cm³/mol. The third kappa shape index (κ3) is 6.10. The number of thiocarbonyl (C=S) groups is 1. The van der Waals surface area contributed by atoms with Crippen molar-refractivity contribution in [2.45, 2.75) is 5.92 Å². The maximum absolute atomic E-state index is 12.9. The Labute approximate surface area is 178 Å². The van der Waals surface area contributed by atoms with Crippen LogP contribution in [0.2, 0.25) is 0 Å². The highest BCUT2D eigenvalue weighted by molar-refractivity contribution is 7.80. The van der Waals surface area contributed by atoms with Crippen LogP contribution in [0.4, 0.5) is 0 Å². The van der Waals surface area contributed by atoms with Gasteiger partial charge in [0.15, 0.2) is 5.11 Å². The van der Waals surface area contributed by atoms with Gasteiger partial charge in [-0.2, -0.15) is 0 Å². The van der Waals surface area contributed by atoms with Gasteiger partial charge in [-0.3, -0.25) is 25.8 Å². The molecule has 5 nitrogen and oxygen atoms in total. The molecular weight excluding hydrogens is 402 g/mol. The zero-order valence-corrected chi connectivity index (χ0v) is 17.0. The molecule has 3 aromatic rings. The summed E-state index contributed by atoms with van der Waals surface area (Å²) < 4.78 is 0. The standard InChI is InChI=1S/C22H19N3O2S2/c26-19(14-13-18-12-7-15-29-18)23-22(28)25-24-21(27)20(16-8-3-1-4-9-16)17-10-5-2-6-11-17/h1-15,20H,(H,24,27)(H2,23,25,26,28). The van der Waals surface area contributed by atoms with Crippen LogP contribution in [0.5, 0.6) is 0 Å². The van der Waals surface area contributed by atoms with Crippen molar-refractivity contribution in [3.8, 4) is 0 Å². The molecule has 2 amide bonds. The van der Waals surface area contributed by atoms with E-state index in [4.69, 9.17) is 12.2 Å². The Balaban J connectivity index is 1.60. The van der Waals surface area contributed by atoms with E-state index in [9.17, 15) is 9.59 Å². The fourth-order valence-electron chi connectivity index (χ4n) is 2.71. The minimum atomic E-state index is -0.512. The van der Waals surface area contributed by atoms with Gasteiger partial charge >= 0.3 is 0 Å².